The molecule has 4 heteroatoms. The molecule has 2 aromatic carbocycles. The number of hydrogen-bond acceptors (Lipinski definition) is 1. The summed E-state index contributed by atoms with van der Waals surface area (Å²) in [7, 11) is 0. The van der Waals surface area contributed by atoms with E-state index in [0.717, 1.165) is 14.5 Å². The summed E-state index contributed by atoms with van der Waals surface area (Å²) < 4.78 is 15.7. The van der Waals surface area contributed by atoms with Gasteiger partial charge in [-0.25, -0.2) is 4.39 Å². The molecule has 2 aromatic rings. The maximum absolute atomic E-state index is 13.8. The molecule has 0 saturated carbocycles. The second-order valence-corrected chi connectivity index (χ2v) is 6.26. The molecule has 0 fully saturated rings. The molecule has 19 heavy (non-hydrogen) atoms. The van der Waals surface area contributed by atoms with Crippen LogP contribution in [0.5, 0.6) is 0 Å². The maximum Gasteiger partial charge on any atom is 0.126 e. The van der Waals surface area contributed by atoms with Gasteiger partial charge in [0.15, 0.2) is 0 Å². The van der Waals surface area contributed by atoms with Crippen molar-refractivity contribution < 1.29 is 4.39 Å². The van der Waals surface area contributed by atoms with Gasteiger partial charge in [-0.3, -0.25) is 0 Å². The van der Waals surface area contributed by atoms with E-state index in [-0.39, 0.29) is 11.7 Å². The Morgan fingerprint density at radius 2 is 1.79 bits per heavy atom. The highest BCUT2D eigenvalue weighted by Gasteiger charge is 2.14. The van der Waals surface area contributed by atoms with Crippen LogP contribution in [0.25, 0.3) is 0 Å². The van der Waals surface area contributed by atoms with Crippen molar-refractivity contribution >= 4 is 31.9 Å². The fourth-order valence-corrected chi connectivity index (χ4v) is 2.89. The predicted molar refractivity (Wildman–Crippen MR) is 83.7 cm³/mol. The summed E-state index contributed by atoms with van der Waals surface area (Å²) in [6, 6.07) is 13.0. The Bertz CT molecular complexity index is 572. The second-order valence-electron chi connectivity index (χ2n) is 4.43. The van der Waals surface area contributed by atoms with Gasteiger partial charge in [0.25, 0.3) is 0 Å². The molecule has 1 unspecified atom stereocenters. The Hall–Kier alpha value is -0.710. The minimum Gasteiger partial charge on any atom is -0.330 e. The normalized spacial score (nSPS) is 12.4. The molecule has 2 N–H and O–H groups in total. The van der Waals surface area contributed by atoms with Crippen molar-refractivity contribution in [1.29, 1.82) is 0 Å². The first-order valence-corrected chi connectivity index (χ1v) is 7.58. The van der Waals surface area contributed by atoms with E-state index in [0.29, 0.717) is 18.5 Å². The van der Waals surface area contributed by atoms with Crippen LogP contribution in [0.15, 0.2) is 51.4 Å². The predicted octanol–water partition coefficient (Wildman–Crippen LogP) is 4.64. The maximum atomic E-state index is 13.8. The SMILES string of the molecule is NCC(Cc1cc(Br)ccc1F)c1cccc(Br)c1. The third kappa shape index (κ3) is 3.88. The number of rotatable bonds is 4. The van der Waals surface area contributed by atoms with Gasteiger partial charge in [0.1, 0.15) is 5.82 Å². The zero-order chi connectivity index (χ0) is 13.8. The molecule has 0 radical (unpaired) electrons. The lowest BCUT2D eigenvalue weighted by Gasteiger charge is -2.16. The summed E-state index contributed by atoms with van der Waals surface area (Å²) in [4.78, 5) is 0. The second kappa shape index (κ2) is 6.64. The monoisotopic (exact) mass is 385 g/mol. The minimum atomic E-state index is -0.184. The van der Waals surface area contributed by atoms with Gasteiger partial charge in [-0.15, -0.1) is 0 Å². The Kier molecular flexibility index (Phi) is 5.13. The van der Waals surface area contributed by atoms with Crippen LogP contribution in [0.2, 0.25) is 0 Å². The van der Waals surface area contributed by atoms with E-state index in [9.17, 15) is 4.39 Å². The molecule has 0 spiro atoms. The minimum absolute atomic E-state index is 0.112. The van der Waals surface area contributed by atoms with E-state index in [1.165, 1.54) is 6.07 Å². The molecule has 1 atom stereocenters. The molecular weight excluding hydrogens is 373 g/mol. The molecule has 1 nitrogen and oxygen atoms in total. The molecule has 0 heterocycles. The Morgan fingerprint density at radius 3 is 2.47 bits per heavy atom. The van der Waals surface area contributed by atoms with Gasteiger partial charge in [0.2, 0.25) is 0 Å². The lowest BCUT2D eigenvalue weighted by atomic mass is 9.92. The smallest absolute Gasteiger partial charge is 0.126 e. The van der Waals surface area contributed by atoms with Crippen LogP contribution in [-0.4, -0.2) is 6.54 Å². The van der Waals surface area contributed by atoms with Gasteiger partial charge in [-0.05, 0) is 54.4 Å². The highest BCUT2D eigenvalue weighted by Crippen LogP contribution is 2.25. The number of halogens is 3. The van der Waals surface area contributed by atoms with Gasteiger partial charge in [0.05, 0.1) is 0 Å². The summed E-state index contributed by atoms with van der Waals surface area (Å²) in [5, 5.41) is 0. The standard InChI is InChI=1S/C15H14Br2FN/c16-13-3-1-2-10(7-13)12(9-19)6-11-8-14(17)4-5-15(11)18/h1-5,7-8,12H,6,9,19H2. The Morgan fingerprint density at radius 1 is 1.05 bits per heavy atom. The quantitative estimate of drug-likeness (QED) is 0.813. The molecule has 0 aliphatic rings. The van der Waals surface area contributed by atoms with Crippen LogP contribution in [0, 0.1) is 5.82 Å². The van der Waals surface area contributed by atoms with Crippen molar-refractivity contribution in [2.24, 2.45) is 5.73 Å². The first kappa shape index (κ1) is 14.7. The van der Waals surface area contributed by atoms with Gasteiger partial charge in [-0.2, -0.15) is 0 Å². The van der Waals surface area contributed by atoms with Crippen LogP contribution in [0.3, 0.4) is 0 Å². The molecular formula is C15H14Br2FN. The van der Waals surface area contributed by atoms with Crippen molar-refractivity contribution in [1.82, 2.24) is 0 Å². The summed E-state index contributed by atoms with van der Waals surface area (Å²) in [5.41, 5.74) is 7.65. The van der Waals surface area contributed by atoms with E-state index in [2.05, 4.69) is 31.9 Å². The first-order valence-electron chi connectivity index (χ1n) is 5.99. The largest absolute Gasteiger partial charge is 0.330 e. The molecule has 100 valence electrons. The molecule has 0 bridgehead atoms. The Labute approximate surface area is 129 Å². The molecule has 0 amide bonds. The van der Waals surface area contributed by atoms with Crippen molar-refractivity contribution in [3.8, 4) is 0 Å². The summed E-state index contributed by atoms with van der Waals surface area (Å²) in [6.45, 7) is 0.488. The average Bonchev–Trinajstić information content (AvgIpc) is 2.39. The molecule has 0 saturated heterocycles. The first-order chi connectivity index (χ1) is 9.10. The molecule has 2 rings (SSSR count). The van der Waals surface area contributed by atoms with E-state index in [1.54, 1.807) is 6.07 Å². The van der Waals surface area contributed by atoms with Crippen molar-refractivity contribution in [2.45, 2.75) is 12.3 Å². The van der Waals surface area contributed by atoms with Crippen LogP contribution >= 0.6 is 31.9 Å². The Balaban J connectivity index is 2.26. The zero-order valence-corrected chi connectivity index (χ0v) is 13.4. The number of benzene rings is 2. The summed E-state index contributed by atoms with van der Waals surface area (Å²) in [5.74, 6) is -0.0713. The van der Waals surface area contributed by atoms with Gasteiger partial charge >= 0.3 is 0 Å². The lowest BCUT2D eigenvalue weighted by Crippen LogP contribution is -2.15. The topological polar surface area (TPSA) is 26.0 Å². The fraction of sp³-hybridized carbons (Fsp3) is 0.200. The van der Waals surface area contributed by atoms with Crippen LogP contribution in [-0.2, 0) is 6.42 Å². The van der Waals surface area contributed by atoms with Gasteiger partial charge < -0.3 is 5.73 Å². The van der Waals surface area contributed by atoms with Gasteiger partial charge in [0, 0.05) is 14.9 Å². The fourth-order valence-electron chi connectivity index (χ4n) is 2.06. The average molecular weight is 387 g/mol. The van der Waals surface area contributed by atoms with Crippen molar-refractivity contribution in [3.05, 3.63) is 68.4 Å². The van der Waals surface area contributed by atoms with Crippen molar-refractivity contribution in [2.75, 3.05) is 6.54 Å². The number of nitrogens with two attached hydrogens (primary N) is 1. The zero-order valence-electron chi connectivity index (χ0n) is 10.2. The third-order valence-electron chi connectivity index (χ3n) is 3.08. The molecule has 0 aromatic heterocycles. The van der Waals surface area contributed by atoms with E-state index in [4.69, 9.17) is 5.73 Å². The molecule has 0 aliphatic carbocycles. The van der Waals surface area contributed by atoms with E-state index < -0.39 is 0 Å². The van der Waals surface area contributed by atoms with Crippen molar-refractivity contribution in [3.63, 3.8) is 0 Å². The summed E-state index contributed by atoms with van der Waals surface area (Å²) in [6.07, 6.45) is 0.595. The third-order valence-corrected chi connectivity index (χ3v) is 4.07. The molecule has 0 aliphatic heterocycles. The van der Waals surface area contributed by atoms with E-state index >= 15 is 0 Å². The summed E-state index contributed by atoms with van der Waals surface area (Å²) >= 11 is 6.82. The van der Waals surface area contributed by atoms with Crippen LogP contribution in [0.1, 0.15) is 17.0 Å². The van der Waals surface area contributed by atoms with Crippen LogP contribution in [0.4, 0.5) is 4.39 Å². The van der Waals surface area contributed by atoms with E-state index in [1.807, 2.05) is 30.3 Å². The highest BCUT2D eigenvalue weighted by molar-refractivity contribution is 9.10. The van der Waals surface area contributed by atoms with Crippen LogP contribution < -0.4 is 5.73 Å². The lowest BCUT2D eigenvalue weighted by molar-refractivity contribution is 0.590. The van der Waals surface area contributed by atoms with Gasteiger partial charge in [-0.1, -0.05) is 44.0 Å². The number of hydrogen-bond donors (Lipinski definition) is 1. The highest BCUT2D eigenvalue weighted by atomic mass is 79.9.